The number of methoxy groups -OCH3 is 1. The molecule has 2 aromatic carbocycles. The fourth-order valence-electron chi connectivity index (χ4n) is 2.59. The van der Waals surface area contributed by atoms with Gasteiger partial charge in [-0.05, 0) is 55.3 Å². The first kappa shape index (κ1) is 18.4. The highest BCUT2D eigenvalue weighted by atomic mass is 16.5. The van der Waals surface area contributed by atoms with Crippen molar-refractivity contribution < 1.29 is 9.53 Å². The van der Waals surface area contributed by atoms with Gasteiger partial charge in [-0.25, -0.2) is 9.97 Å². The van der Waals surface area contributed by atoms with Crippen molar-refractivity contribution in [3.05, 3.63) is 71.7 Å². The van der Waals surface area contributed by atoms with E-state index in [0.717, 1.165) is 17.9 Å². The van der Waals surface area contributed by atoms with Crippen LogP contribution in [0.4, 0.5) is 17.2 Å². The zero-order chi connectivity index (χ0) is 19.2. The Kier molecular flexibility index (Phi) is 5.66. The Labute approximate surface area is 158 Å². The molecule has 6 nitrogen and oxygen atoms in total. The van der Waals surface area contributed by atoms with Crippen LogP contribution < -0.4 is 15.4 Å². The van der Waals surface area contributed by atoms with E-state index in [0.29, 0.717) is 23.0 Å². The Bertz CT molecular complexity index is 922. The third-order valence-electron chi connectivity index (χ3n) is 4.05. The highest BCUT2D eigenvalue weighted by Crippen LogP contribution is 2.18. The number of rotatable bonds is 6. The minimum absolute atomic E-state index is 0.296. The van der Waals surface area contributed by atoms with Gasteiger partial charge in [0.25, 0.3) is 5.91 Å². The van der Waals surface area contributed by atoms with Crippen molar-refractivity contribution in [3.63, 3.8) is 0 Å². The third-order valence-corrected chi connectivity index (χ3v) is 4.05. The fraction of sp³-hybridized carbons (Fsp3) is 0.190. The van der Waals surface area contributed by atoms with Crippen molar-refractivity contribution >= 4 is 23.1 Å². The number of hydrogen-bond acceptors (Lipinski definition) is 5. The van der Waals surface area contributed by atoms with Gasteiger partial charge in [-0.1, -0.05) is 19.1 Å². The van der Waals surface area contributed by atoms with Gasteiger partial charge < -0.3 is 15.4 Å². The predicted octanol–water partition coefficient (Wildman–Crippen LogP) is 4.35. The molecule has 6 heteroatoms. The molecule has 0 saturated carbocycles. The summed E-state index contributed by atoms with van der Waals surface area (Å²) >= 11 is 0. The Balaban J connectivity index is 1.75. The van der Waals surface area contributed by atoms with Crippen molar-refractivity contribution in [1.82, 2.24) is 9.97 Å². The van der Waals surface area contributed by atoms with E-state index in [1.165, 1.54) is 5.56 Å². The predicted molar refractivity (Wildman–Crippen MR) is 107 cm³/mol. The van der Waals surface area contributed by atoms with Gasteiger partial charge in [0.05, 0.1) is 7.11 Å². The zero-order valence-electron chi connectivity index (χ0n) is 15.6. The van der Waals surface area contributed by atoms with Crippen molar-refractivity contribution in [2.75, 3.05) is 17.7 Å². The number of aryl methyl sites for hydroxylation is 2. The number of aromatic nitrogens is 2. The molecule has 0 radical (unpaired) electrons. The molecule has 0 fully saturated rings. The van der Waals surface area contributed by atoms with Gasteiger partial charge in [-0.15, -0.1) is 0 Å². The molecule has 0 atom stereocenters. The van der Waals surface area contributed by atoms with E-state index < -0.39 is 0 Å². The second-order valence-corrected chi connectivity index (χ2v) is 6.04. The number of hydrogen-bond donors (Lipinski definition) is 2. The standard InChI is InChI=1S/C21H22N4O2/c1-4-15-5-7-16(8-6-15)24-20-13-19(22-14(2)23-20)21(26)25-17-9-11-18(27-3)12-10-17/h5-13H,4H2,1-3H3,(H,25,26)(H,22,23,24). The van der Waals surface area contributed by atoms with Crippen LogP contribution in [-0.2, 0) is 6.42 Å². The van der Waals surface area contributed by atoms with Gasteiger partial charge in [0.2, 0.25) is 0 Å². The van der Waals surface area contributed by atoms with Gasteiger partial charge in [0.1, 0.15) is 23.1 Å². The van der Waals surface area contributed by atoms with Crippen LogP contribution in [0.3, 0.4) is 0 Å². The Hall–Kier alpha value is -3.41. The molecule has 1 amide bonds. The maximum atomic E-state index is 12.5. The van der Waals surface area contributed by atoms with E-state index in [2.05, 4.69) is 39.7 Å². The molecule has 27 heavy (non-hydrogen) atoms. The van der Waals surface area contributed by atoms with E-state index in [-0.39, 0.29) is 5.91 Å². The summed E-state index contributed by atoms with van der Waals surface area (Å²) in [5, 5.41) is 6.05. The van der Waals surface area contributed by atoms with E-state index >= 15 is 0 Å². The molecular formula is C21H22N4O2. The van der Waals surface area contributed by atoms with Gasteiger partial charge in [0.15, 0.2) is 0 Å². The fourth-order valence-corrected chi connectivity index (χ4v) is 2.59. The normalized spacial score (nSPS) is 10.3. The SMILES string of the molecule is CCc1ccc(Nc2cc(C(=O)Nc3ccc(OC)cc3)nc(C)n2)cc1. The number of benzene rings is 2. The summed E-state index contributed by atoms with van der Waals surface area (Å²) in [5.41, 5.74) is 3.14. The van der Waals surface area contributed by atoms with Crippen LogP contribution in [0.1, 0.15) is 28.8 Å². The smallest absolute Gasteiger partial charge is 0.274 e. The number of carbonyl (C=O) groups is 1. The van der Waals surface area contributed by atoms with Crippen LogP contribution in [0.25, 0.3) is 0 Å². The average Bonchev–Trinajstić information content (AvgIpc) is 2.68. The monoisotopic (exact) mass is 362 g/mol. The Morgan fingerprint density at radius 3 is 2.30 bits per heavy atom. The quantitative estimate of drug-likeness (QED) is 0.682. The minimum atomic E-state index is -0.296. The number of anilines is 3. The van der Waals surface area contributed by atoms with E-state index in [1.54, 1.807) is 44.4 Å². The molecule has 1 aromatic heterocycles. The Morgan fingerprint density at radius 2 is 1.67 bits per heavy atom. The Morgan fingerprint density at radius 1 is 1.00 bits per heavy atom. The summed E-state index contributed by atoms with van der Waals surface area (Å²) in [6, 6.07) is 16.9. The number of carbonyl (C=O) groups excluding carboxylic acids is 1. The molecular weight excluding hydrogens is 340 g/mol. The summed E-state index contributed by atoms with van der Waals surface area (Å²) < 4.78 is 5.12. The summed E-state index contributed by atoms with van der Waals surface area (Å²) in [6.45, 7) is 3.87. The maximum absolute atomic E-state index is 12.5. The van der Waals surface area contributed by atoms with Gasteiger partial charge >= 0.3 is 0 Å². The first-order valence-electron chi connectivity index (χ1n) is 8.74. The largest absolute Gasteiger partial charge is 0.497 e. The molecule has 0 bridgehead atoms. The lowest BCUT2D eigenvalue weighted by Crippen LogP contribution is -2.15. The van der Waals surface area contributed by atoms with Gasteiger partial charge in [-0.3, -0.25) is 4.79 Å². The molecule has 0 spiro atoms. The number of nitrogens with one attached hydrogen (secondary N) is 2. The molecule has 0 aliphatic carbocycles. The zero-order valence-corrected chi connectivity index (χ0v) is 15.6. The summed E-state index contributed by atoms with van der Waals surface area (Å²) in [6.07, 6.45) is 0.989. The van der Waals surface area contributed by atoms with Crippen LogP contribution in [0.15, 0.2) is 54.6 Å². The first-order chi connectivity index (χ1) is 13.1. The molecule has 2 N–H and O–H groups in total. The number of nitrogens with zero attached hydrogens (tertiary/aromatic N) is 2. The summed E-state index contributed by atoms with van der Waals surface area (Å²) in [5.74, 6) is 1.53. The molecule has 0 unspecified atom stereocenters. The van der Waals surface area contributed by atoms with E-state index in [4.69, 9.17) is 4.74 Å². The summed E-state index contributed by atoms with van der Waals surface area (Å²) in [7, 11) is 1.60. The van der Waals surface area contributed by atoms with Crippen LogP contribution in [0.5, 0.6) is 5.75 Å². The highest BCUT2D eigenvalue weighted by Gasteiger charge is 2.11. The molecule has 3 rings (SSSR count). The van der Waals surface area contributed by atoms with E-state index in [9.17, 15) is 4.79 Å². The highest BCUT2D eigenvalue weighted by molar-refractivity contribution is 6.03. The summed E-state index contributed by atoms with van der Waals surface area (Å²) in [4.78, 5) is 21.2. The molecule has 1 heterocycles. The topological polar surface area (TPSA) is 76.1 Å². The van der Waals surface area contributed by atoms with Gasteiger partial charge in [0, 0.05) is 17.4 Å². The van der Waals surface area contributed by atoms with Crippen molar-refractivity contribution in [2.24, 2.45) is 0 Å². The number of amides is 1. The molecule has 138 valence electrons. The van der Waals surface area contributed by atoms with Crippen LogP contribution in [0, 0.1) is 6.92 Å². The minimum Gasteiger partial charge on any atom is -0.497 e. The molecule has 0 aliphatic rings. The number of ether oxygens (including phenoxy) is 1. The second-order valence-electron chi connectivity index (χ2n) is 6.04. The average molecular weight is 362 g/mol. The molecule has 0 saturated heterocycles. The van der Waals surface area contributed by atoms with Crippen LogP contribution in [0.2, 0.25) is 0 Å². The molecule has 3 aromatic rings. The lowest BCUT2D eigenvalue weighted by atomic mass is 10.1. The first-order valence-corrected chi connectivity index (χ1v) is 8.74. The van der Waals surface area contributed by atoms with Gasteiger partial charge in [-0.2, -0.15) is 0 Å². The van der Waals surface area contributed by atoms with Crippen molar-refractivity contribution in [2.45, 2.75) is 20.3 Å². The molecule has 0 aliphatic heterocycles. The van der Waals surface area contributed by atoms with Crippen LogP contribution in [-0.4, -0.2) is 23.0 Å². The lowest BCUT2D eigenvalue weighted by Gasteiger charge is -2.10. The lowest BCUT2D eigenvalue weighted by molar-refractivity contribution is 0.102. The third kappa shape index (κ3) is 4.82. The van der Waals surface area contributed by atoms with E-state index in [1.807, 2.05) is 12.1 Å². The van der Waals surface area contributed by atoms with Crippen molar-refractivity contribution in [1.29, 1.82) is 0 Å². The second kappa shape index (κ2) is 8.31. The maximum Gasteiger partial charge on any atom is 0.274 e. The van der Waals surface area contributed by atoms with Crippen LogP contribution >= 0.6 is 0 Å². The van der Waals surface area contributed by atoms with Crippen molar-refractivity contribution in [3.8, 4) is 5.75 Å².